The molecule has 0 aliphatic rings. The van der Waals surface area contributed by atoms with Crippen LogP contribution in [0.15, 0.2) is 36.4 Å². The maximum absolute atomic E-state index is 13.8. The number of rotatable bonds is 3. The summed E-state index contributed by atoms with van der Waals surface area (Å²) in [4.78, 5) is 13.6. The van der Waals surface area contributed by atoms with E-state index in [0.717, 1.165) is 6.07 Å². The van der Waals surface area contributed by atoms with Crippen molar-refractivity contribution in [1.82, 2.24) is 4.90 Å². The molecule has 0 saturated carbocycles. The fourth-order valence-electron chi connectivity index (χ4n) is 1.91. The Labute approximate surface area is 132 Å². The topological polar surface area (TPSA) is 46.3 Å². The molecule has 6 heteroatoms. The number of hydrogen-bond acceptors (Lipinski definition) is 2. The zero-order chi connectivity index (χ0) is 15.6. The van der Waals surface area contributed by atoms with Crippen molar-refractivity contribution in [3.05, 3.63) is 63.4 Å². The van der Waals surface area contributed by atoms with Crippen molar-refractivity contribution in [2.75, 3.05) is 12.8 Å². The van der Waals surface area contributed by atoms with Crippen molar-refractivity contribution in [3.63, 3.8) is 0 Å². The van der Waals surface area contributed by atoms with E-state index in [1.807, 2.05) is 0 Å². The van der Waals surface area contributed by atoms with Crippen molar-refractivity contribution >= 4 is 34.8 Å². The molecule has 0 spiro atoms. The Kier molecular flexibility index (Phi) is 4.70. The van der Waals surface area contributed by atoms with Crippen molar-refractivity contribution in [1.29, 1.82) is 0 Å². The summed E-state index contributed by atoms with van der Waals surface area (Å²) in [5, 5.41) is 0.742. The molecule has 1 amide bonds. The Bertz CT molecular complexity index is 691. The minimum atomic E-state index is -0.655. The van der Waals surface area contributed by atoms with Crippen LogP contribution in [0, 0.1) is 5.82 Å². The van der Waals surface area contributed by atoms with Gasteiger partial charge in [0.25, 0.3) is 5.91 Å². The predicted octanol–water partition coefficient (Wildman–Crippen LogP) is 3.99. The Morgan fingerprint density at radius 2 is 1.95 bits per heavy atom. The van der Waals surface area contributed by atoms with Gasteiger partial charge in [-0.2, -0.15) is 0 Å². The lowest BCUT2D eigenvalue weighted by molar-refractivity contribution is 0.0780. The summed E-state index contributed by atoms with van der Waals surface area (Å²) in [5.74, 6) is -1.11. The summed E-state index contributed by atoms with van der Waals surface area (Å²) < 4.78 is 13.8. The van der Waals surface area contributed by atoms with Crippen LogP contribution in [-0.2, 0) is 6.54 Å². The van der Waals surface area contributed by atoms with E-state index in [1.54, 1.807) is 25.2 Å². The molecule has 0 bridgehead atoms. The lowest BCUT2D eigenvalue weighted by Crippen LogP contribution is -2.27. The molecule has 0 fully saturated rings. The second kappa shape index (κ2) is 6.33. The van der Waals surface area contributed by atoms with Crippen LogP contribution in [0.3, 0.4) is 0 Å². The molecule has 2 aromatic rings. The van der Waals surface area contributed by atoms with Gasteiger partial charge in [-0.3, -0.25) is 4.79 Å². The highest BCUT2D eigenvalue weighted by Crippen LogP contribution is 2.22. The highest BCUT2D eigenvalue weighted by molar-refractivity contribution is 6.31. The van der Waals surface area contributed by atoms with Gasteiger partial charge in [-0.25, -0.2) is 4.39 Å². The van der Waals surface area contributed by atoms with Gasteiger partial charge in [-0.15, -0.1) is 0 Å². The number of anilines is 1. The molecule has 0 unspecified atom stereocenters. The van der Waals surface area contributed by atoms with Crippen LogP contribution in [0.4, 0.5) is 10.1 Å². The van der Waals surface area contributed by atoms with Crippen molar-refractivity contribution in [2.45, 2.75) is 6.54 Å². The van der Waals surface area contributed by atoms with Crippen LogP contribution >= 0.6 is 23.2 Å². The summed E-state index contributed by atoms with van der Waals surface area (Å²) in [5.41, 5.74) is 6.90. The number of nitrogen functional groups attached to an aromatic ring is 1. The molecule has 0 heterocycles. The standard InChI is InChI=1S/C15H13Cl2FN2O/c1-20(8-9-6-11(19)3-5-13(9)17)15(21)12-4-2-10(16)7-14(12)18/h2-7H,8,19H2,1H3. The number of carbonyl (C=O) groups is 1. The summed E-state index contributed by atoms with van der Waals surface area (Å²) in [6.45, 7) is 0.227. The predicted molar refractivity (Wildman–Crippen MR) is 83.1 cm³/mol. The maximum atomic E-state index is 13.8. The first-order chi connectivity index (χ1) is 9.88. The zero-order valence-electron chi connectivity index (χ0n) is 11.2. The largest absolute Gasteiger partial charge is 0.399 e. The quantitative estimate of drug-likeness (QED) is 0.867. The molecule has 21 heavy (non-hydrogen) atoms. The molecule has 2 rings (SSSR count). The molecular weight excluding hydrogens is 314 g/mol. The maximum Gasteiger partial charge on any atom is 0.256 e. The molecule has 3 nitrogen and oxygen atoms in total. The molecule has 110 valence electrons. The van der Waals surface area contributed by atoms with Crippen LogP contribution in [0.5, 0.6) is 0 Å². The average Bonchev–Trinajstić information content (AvgIpc) is 2.42. The van der Waals surface area contributed by atoms with E-state index < -0.39 is 11.7 Å². The van der Waals surface area contributed by atoms with Gasteiger partial charge in [0.15, 0.2) is 0 Å². The first-order valence-electron chi connectivity index (χ1n) is 6.13. The number of nitrogens with two attached hydrogens (primary N) is 1. The van der Waals surface area contributed by atoms with Gasteiger partial charge in [-0.05, 0) is 42.0 Å². The zero-order valence-corrected chi connectivity index (χ0v) is 12.7. The lowest BCUT2D eigenvalue weighted by atomic mass is 10.1. The van der Waals surface area contributed by atoms with E-state index in [2.05, 4.69) is 0 Å². The van der Waals surface area contributed by atoms with E-state index in [0.29, 0.717) is 16.3 Å². The fourth-order valence-corrected chi connectivity index (χ4v) is 2.25. The molecule has 0 radical (unpaired) electrons. The van der Waals surface area contributed by atoms with Gasteiger partial charge < -0.3 is 10.6 Å². The van der Waals surface area contributed by atoms with Gasteiger partial charge in [0, 0.05) is 29.3 Å². The third kappa shape index (κ3) is 3.65. The van der Waals surface area contributed by atoms with E-state index >= 15 is 0 Å². The van der Waals surface area contributed by atoms with Gasteiger partial charge in [0.2, 0.25) is 0 Å². The van der Waals surface area contributed by atoms with Crippen LogP contribution in [0.1, 0.15) is 15.9 Å². The second-order valence-corrected chi connectivity index (χ2v) is 5.48. The molecule has 0 atom stereocenters. The smallest absolute Gasteiger partial charge is 0.256 e. The molecular formula is C15H13Cl2FN2O. The molecule has 0 aliphatic heterocycles. The Morgan fingerprint density at radius 1 is 1.24 bits per heavy atom. The van der Waals surface area contributed by atoms with Crippen LogP contribution in [0.25, 0.3) is 0 Å². The molecule has 2 N–H and O–H groups in total. The van der Waals surface area contributed by atoms with E-state index in [-0.39, 0.29) is 17.1 Å². The Hall–Kier alpha value is -1.78. The molecule has 2 aromatic carbocycles. The highest BCUT2D eigenvalue weighted by atomic mass is 35.5. The SMILES string of the molecule is CN(Cc1cc(N)ccc1Cl)C(=O)c1ccc(Cl)cc1F. The molecule has 0 saturated heterocycles. The summed E-state index contributed by atoms with van der Waals surface area (Å²) in [6, 6.07) is 8.96. The average molecular weight is 327 g/mol. The van der Waals surface area contributed by atoms with Crippen LogP contribution in [-0.4, -0.2) is 17.9 Å². The molecule has 0 aromatic heterocycles. The summed E-state index contributed by atoms with van der Waals surface area (Å²) >= 11 is 11.7. The number of benzene rings is 2. The minimum absolute atomic E-state index is 0.0399. The fraction of sp³-hybridized carbons (Fsp3) is 0.133. The monoisotopic (exact) mass is 326 g/mol. The van der Waals surface area contributed by atoms with Gasteiger partial charge in [0.1, 0.15) is 5.82 Å². The number of hydrogen-bond donors (Lipinski definition) is 1. The number of carbonyl (C=O) groups excluding carboxylic acids is 1. The van der Waals surface area contributed by atoms with E-state index in [4.69, 9.17) is 28.9 Å². The summed E-state index contributed by atoms with van der Waals surface area (Å²) in [7, 11) is 1.57. The van der Waals surface area contributed by atoms with Gasteiger partial charge in [0.05, 0.1) is 5.56 Å². The van der Waals surface area contributed by atoms with Crippen molar-refractivity contribution in [3.8, 4) is 0 Å². The van der Waals surface area contributed by atoms with Crippen molar-refractivity contribution < 1.29 is 9.18 Å². The van der Waals surface area contributed by atoms with E-state index in [9.17, 15) is 9.18 Å². The van der Waals surface area contributed by atoms with Gasteiger partial charge >= 0.3 is 0 Å². The first-order valence-corrected chi connectivity index (χ1v) is 6.88. The highest BCUT2D eigenvalue weighted by Gasteiger charge is 2.17. The normalized spacial score (nSPS) is 10.5. The number of halogens is 3. The van der Waals surface area contributed by atoms with Crippen molar-refractivity contribution in [2.24, 2.45) is 0 Å². The first kappa shape index (κ1) is 15.6. The van der Waals surface area contributed by atoms with Gasteiger partial charge in [-0.1, -0.05) is 23.2 Å². The number of amides is 1. The lowest BCUT2D eigenvalue weighted by Gasteiger charge is -2.18. The molecule has 0 aliphatic carbocycles. The van der Waals surface area contributed by atoms with Crippen LogP contribution in [0.2, 0.25) is 10.0 Å². The third-order valence-corrected chi connectivity index (χ3v) is 3.59. The van der Waals surface area contributed by atoms with E-state index in [1.165, 1.54) is 17.0 Å². The summed E-state index contributed by atoms with van der Waals surface area (Å²) in [6.07, 6.45) is 0. The van der Waals surface area contributed by atoms with Crippen LogP contribution < -0.4 is 5.73 Å². The Morgan fingerprint density at radius 3 is 2.62 bits per heavy atom. The third-order valence-electron chi connectivity index (χ3n) is 2.99. The Balaban J connectivity index is 2.21. The number of nitrogens with zero attached hydrogens (tertiary/aromatic N) is 1. The second-order valence-electron chi connectivity index (χ2n) is 4.64. The minimum Gasteiger partial charge on any atom is -0.399 e.